The van der Waals surface area contributed by atoms with E-state index in [4.69, 9.17) is 9.15 Å². The minimum Gasteiger partial charge on any atom is -0.452 e. The highest BCUT2D eigenvalue weighted by molar-refractivity contribution is 5.95. The van der Waals surface area contributed by atoms with Gasteiger partial charge in [0.25, 0.3) is 5.91 Å². The molecular formula is C22H22N2O4. The van der Waals surface area contributed by atoms with Crippen LogP contribution >= 0.6 is 0 Å². The zero-order chi connectivity index (χ0) is 19.9. The standard InChI is InChI=1S/C22H22N2O4/c1-3-15(2)16-8-4-5-9-17(16)23-20(25)14-27-22(26)13-12-21-24-18-10-6-7-11-19(18)28-21/h4-13,15H,3,14H2,1-2H3,(H,23,25)/b13-12+/t15-/m0/s1. The molecule has 1 aromatic heterocycles. The molecule has 1 atom stereocenters. The van der Waals surface area contributed by atoms with Crippen LogP contribution in [0, 0.1) is 0 Å². The Hall–Kier alpha value is -3.41. The summed E-state index contributed by atoms with van der Waals surface area (Å²) < 4.78 is 10.5. The molecule has 0 radical (unpaired) electrons. The number of fused-ring (bicyclic) bond motifs is 1. The summed E-state index contributed by atoms with van der Waals surface area (Å²) >= 11 is 0. The van der Waals surface area contributed by atoms with Gasteiger partial charge < -0.3 is 14.5 Å². The number of rotatable bonds is 7. The van der Waals surface area contributed by atoms with Crippen LogP contribution in [0.15, 0.2) is 59.0 Å². The second-order valence-electron chi connectivity index (χ2n) is 6.41. The Morgan fingerprint density at radius 1 is 1.18 bits per heavy atom. The molecule has 28 heavy (non-hydrogen) atoms. The van der Waals surface area contributed by atoms with Gasteiger partial charge in [0.15, 0.2) is 12.2 Å². The fourth-order valence-corrected chi connectivity index (χ4v) is 2.73. The van der Waals surface area contributed by atoms with Crippen LogP contribution in [0.2, 0.25) is 0 Å². The Morgan fingerprint density at radius 2 is 1.93 bits per heavy atom. The van der Waals surface area contributed by atoms with Gasteiger partial charge in [0, 0.05) is 17.8 Å². The number of nitrogens with zero attached hydrogens (tertiary/aromatic N) is 1. The molecule has 0 aliphatic carbocycles. The molecule has 1 heterocycles. The number of para-hydroxylation sites is 3. The molecule has 1 amide bonds. The Kier molecular flexibility index (Phi) is 6.22. The second kappa shape index (κ2) is 8.99. The van der Waals surface area contributed by atoms with Crippen LogP contribution in [0.1, 0.15) is 37.6 Å². The van der Waals surface area contributed by atoms with Crippen molar-refractivity contribution in [2.24, 2.45) is 0 Å². The maximum atomic E-state index is 12.1. The van der Waals surface area contributed by atoms with E-state index in [-0.39, 0.29) is 12.5 Å². The third-order valence-corrected chi connectivity index (χ3v) is 4.40. The number of carbonyl (C=O) groups excluding carboxylic acids is 2. The number of oxazole rings is 1. The van der Waals surface area contributed by atoms with Crippen molar-refractivity contribution in [1.29, 1.82) is 0 Å². The first kappa shape index (κ1) is 19.4. The van der Waals surface area contributed by atoms with E-state index in [1.165, 1.54) is 12.2 Å². The van der Waals surface area contributed by atoms with Crippen molar-refractivity contribution in [1.82, 2.24) is 4.98 Å². The number of nitrogens with one attached hydrogen (secondary N) is 1. The van der Waals surface area contributed by atoms with E-state index in [0.717, 1.165) is 17.7 Å². The van der Waals surface area contributed by atoms with Crippen molar-refractivity contribution in [2.75, 3.05) is 11.9 Å². The van der Waals surface area contributed by atoms with Crippen molar-refractivity contribution in [3.05, 3.63) is 66.1 Å². The normalized spacial score (nSPS) is 12.2. The zero-order valence-electron chi connectivity index (χ0n) is 15.8. The summed E-state index contributed by atoms with van der Waals surface area (Å²) in [5.41, 5.74) is 3.13. The summed E-state index contributed by atoms with van der Waals surface area (Å²) in [6, 6.07) is 14.9. The highest BCUT2D eigenvalue weighted by atomic mass is 16.5. The maximum absolute atomic E-state index is 12.1. The highest BCUT2D eigenvalue weighted by Crippen LogP contribution is 2.26. The first-order chi connectivity index (χ1) is 13.6. The molecule has 0 saturated carbocycles. The molecule has 6 heteroatoms. The van der Waals surface area contributed by atoms with E-state index in [1.54, 1.807) is 6.07 Å². The van der Waals surface area contributed by atoms with Crippen LogP contribution in [-0.2, 0) is 14.3 Å². The number of amides is 1. The van der Waals surface area contributed by atoms with Gasteiger partial charge in [0.05, 0.1) is 0 Å². The molecule has 3 rings (SSSR count). The number of carbonyl (C=O) groups is 2. The summed E-state index contributed by atoms with van der Waals surface area (Å²) in [6.07, 6.45) is 3.56. The van der Waals surface area contributed by atoms with Gasteiger partial charge in [-0.3, -0.25) is 4.79 Å². The molecule has 0 aliphatic heterocycles. The predicted molar refractivity (Wildman–Crippen MR) is 108 cm³/mol. The first-order valence-corrected chi connectivity index (χ1v) is 9.16. The Bertz CT molecular complexity index is 973. The van der Waals surface area contributed by atoms with Gasteiger partial charge in [0.1, 0.15) is 5.52 Å². The monoisotopic (exact) mass is 378 g/mol. The summed E-state index contributed by atoms with van der Waals surface area (Å²) in [5.74, 6) is -0.421. The number of anilines is 1. The molecule has 2 aromatic carbocycles. The lowest BCUT2D eigenvalue weighted by Gasteiger charge is -2.15. The molecular weight excluding hydrogens is 356 g/mol. The average Bonchev–Trinajstić information content (AvgIpc) is 3.13. The highest BCUT2D eigenvalue weighted by Gasteiger charge is 2.12. The van der Waals surface area contributed by atoms with E-state index < -0.39 is 5.97 Å². The molecule has 3 aromatic rings. The van der Waals surface area contributed by atoms with Gasteiger partial charge >= 0.3 is 5.97 Å². The smallest absolute Gasteiger partial charge is 0.331 e. The number of hydrogen-bond acceptors (Lipinski definition) is 5. The molecule has 0 bridgehead atoms. The lowest BCUT2D eigenvalue weighted by Crippen LogP contribution is -2.21. The molecule has 0 aliphatic rings. The number of ether oxygens (including phenoxy) is 1. The molecule has 0 unspecified atom stereocenters. The van der Waals surface area contributed by atoms with Crippen LogP contribution in [0.3, 0.4) is 0 Å². The van der Waals surface area contributed by atoms with E-state index in [2.05, 4.69) is 24.1 Å². The van der Waals surface area contributed by atoms with Crippen LogP contribution in [0.4, 0.5) is 5.69 Å². The van der Waals surface area contributed by atoms with E-state index >= 15 is 0 Å². The fraction of sp³-hybridized carbons (Fsp3) is 0.227. The lowest BCUT2D eigenvalue weighted by atomic mass is 9.97. The minimum atomic E-state index is -0.646. The largest absolute Gasteiger partial charge is 0.452 e. The maximum Gasteiger partial charge on any atom is 0.331 e. The summed E-state index contributed by atoms with van der Waals surface area (Å²) in [7, 11) is 0. The minimum absolute atomic E-state index is 0.296. The molecule has 0 saturated heterocycles. The summed E-state index contributed by atoms with van der Waals surface area (Å²) in [4.78, 5) is 28.2. The van der Waals surface area contributed by atoms with Gasteiger partial charge in [0.2, 0.25) is 5.89 Å². The molecule has 6 nitrogen and oxygen atoms in total. The third-order valence-electron chi connectivity index (χ3n) is 4.40. The van der Waals surface area contributed by atoms with Gasteiger partial charge in [-0.2, -0.15) is 0 Å². The van der Waals surface area contributed by atoms with E-state index in [1.807, 2.05) is 42.5 Å². The summed E-state index contributed by atoms with van der Waals surface area (Å²) in [6.45, 7) is 3.82. The number of hydrogen-bond donors (Lipinski definition) is 1. The van der Waals surface area contributed by atoms with Crippen LogP contribution in [0.25, 0.3) is 17.2 Å². The van der Waals surface area contributed by atoms with Gasteiger partial charge in [-0.1, -0.05) is 44.2 Å². The molecule has 0 fully saturated rings. The first-order valence-electron chi connectivity index (χ1n) is 9.16. The SMILES string of the molecule is CC[C@H](C)c1ccccc1NC(=O)COC(=O)/C=C/c1nc2ccccc2o1. The molecule has 1 N–H and O–H groups in total. The van der Waals surface area contributed by atoms with Crippen molar-refractivity contribution >= 4 is 34.7 Å². The van der Waals surface area contributed by atoms with Gasteiger partial charge in [-0.25, -0.2) is 9.78 Å². The van der Waals surface area contributed by atoms with Crippen LogP contribution < -0.4 is 5.32 Å². The van der Waals surface area contributed by atoms with Crippen molar-refractivity contribution in [3.8, 4) is 0 Å². The van der Waals surface area contributed by atoms with Gasteiger partial charge in [-0.05, 0) is 36.1 Å². The predicted octanol–water partition coefficient (Wildman–Crippen LogP) is 4.54. The second-order valence-corrected chi connectivity index (χ2v) is 6.41. The zero-order valence-corrected chi connectivity index (χ0v) is 15.8. The lowest BCUT2D eigenvalue weighted by molar-refractivity contribution is -0.142. The van der Waals surface area contributed by atoms with Crippen molar-refractivity contribution < 1.29 is 18.7 Å². The van der Waals surface area contributed by atoms with E-state index in [9.17, 15) is 9.59 Å². The van der Waals surface area contributed by atoms with Crippen molar-refractivity contribution in [3.63, 3.8) is 0 Å². The number of aromatic nitrogens is 1. The average molecular weight is 378 g/mol. The van der Waals surface area contributed by atoms with Crippen LogP contribution in [-0.4, -0.2) is 23.5 Å². The Labute approximate surface area is 163 Å². The van der Waals surface area contributed by atoms with Crippen molar-refractivity contribution in [2.45, 2.75) is 26.2 Å². The Balaban J connectivity index is 1.54. The molecule has 0 spiro atoms. The number of benzene rings is 2. The number of esters is 1. The quantitative estimate of drug-likeness (QED) is 0.482. The fourth-order valence-electron chi connectivity index (χ4n) is 2.73. The summed E-state index contributed by atoms with van der Waals surface area (Å²) in [5, 5.41) is 2.80. The Morgan fingerprint density at radius 3 is 2.71 bits per heavy atom. The third kappa shape index (κ3) is 4.85. The van der Waals surface area contributed by atoms with Gasteiger partial charge in [-0.15, -0.1) is 0 Å². The van der Waals surface area contributed by atoms with E-state index in [0.29, 0.717) is 22.9 Å². The topological polar surface area (TPSA) is 81.4 Å². The van der Waals surface area contributed by atoms with Crippen LogP contribution in [0.5, 0.6) is 0 Å². The molecule has 144 valence electrons.